The van der Waals surface area contributed by atoms with Crippen molar-refractivity contribution in [2.75, 3.05) is 21.3 Å². The molecule has 0 radical (unpaired) electrons. The predicted octanol–water partition coefficient (Wildman–Crippen LogP) is 6.34. The molecule has 0 aliphatic heterocycles. The van der Waals surface area contributed by atoms with Gasteiger partial charge in [-0.15, -0.1) is 0 Å². The van der Waals surface area contributed by atoms with Crippen LogP contribution < -0.4 is 24.8 Å². The monoisotopic (exact) mass is 458 g/mol. The fraction of sp³-hybridized carbons (Fsp3) is 0.172. The Balaban J connectivity index is 0.000000374. The van der Waals surface area contributed by atoms with Crippen LogP contribution in [0.25, 0.3) is 0 Å². The van der Waals surface area contributed by atoms with Crippen LogP contribution in [-0.2, 0) is 6.16 Å². The van der Waals surface area contributed by atoms with Gasteiger partial charge in [0.15, 0.2) is 11.5 Å². The lowest BCUT2D eigenvalue weighted by Gasteiger charge is -2.20. The number of ether oxygens (including phenoxy) is 3. The van der Waals surface area contributed by atoms with E-state index in [9.17, 15) is 0 Å². The molecule has 0 N–H and O–H groups in total. The maximum Gasteiger partial charge on any atom is 0.203 e. The quantitative estimate of drug-likeness (QED) is 0.303. The Bertz CT molecular complexity index is 1040. The van der Waals surface area contributed by atoms with E-state index in [2.05, 4.69) is 79.7 Å². The van der Waals surface area contributed by atoms with Crippen LogP contribution >= 0.6 is 7.92 Å². The summed E-state index contributed by atoms with van der Waals surface area (Å²) in [6.07, 6.45) is 0.903. The van der Waals surface area contributed by atoms with Crippen LogP contribution in [0.1, 0.15) is 11.1 Å². The van der Waals surface area contributed by atoms with E-state index in [1.807, 2.05) is 30.3 Å². The minimum atomic E-state index is -0.528. The fourth-order valence-electron chi connectivity index (χ4n) is 3.49. The van der Waals surface area contributed by atoms with Gasteiger partial charge in [-0.2, -0.15) is 0 Å². The van der Waals surface area contributed by atoms with Crippen molar-refractivity contribution in [3.63, 3.8) is 0 Å². The van der Waals surface area contributed by atoms with Crippen molar-refractivity contribution < 1.29 is 14.2 Å². The van der Waals surface area contributed by atoms with Gasteiger partial charge in [-0.25, -0.2) is 0 Å². The fourth-order valence-corrected chi connectivity index (χ4v) is 5.77. The molecule has 0 spiro atoms. The first-order chi connectivity index (χ1) is 16.2. The van der Waals surface area contributed by atoms with E-state index in [0.717, 1.165) is 6.16 Å². The van der Waals surface area contributed by atoms with E-state index in [0.29, 0.717) is 17.2 Å². The summed E-state index contributed by atoms with van der Waals surface area (Å²) in [6.45, 7) is 2.08. The molecule has 0 heterocycles. The second-order valence-corrected chi connectivity index (χ2v) is 9.65. The van der Waals surface area contributed by atoms with Crippen molar-refractivity contribution in [1.82, 2.24) is 0 Å². The van der Waals surface area contributed by atoms with E-state index < -0.39 is 7.92 Å². The van der Waals surface area contributed by atoms with Crippen LogP contribution in [0.2, 0.25) is 0 Å². The van der Waals surface area contributed by atoms with Gasteiger partial charge in [0, 0.05) is 6.16 Å². The molecule has 0 amide bonds. The summed E-state index contributed by atoms with van der Waals surface area (Å²) >= 11 is 0. The van der Waals surface area contributed by atoms with Crippen molar-refractivity contribution in [3.8, 4) is 17.2 Å². The maximum absolute atomic E-state index is 5.51. The summed E-state index contributed by atoms with van der Waals surface area (Å²) in [6, 6.07) is 35.7. The van der Waals surface area contributed by atoms with Crippen molar-refractivity contribution in [1.29, 1.82) is 0 Å². The van der Waals surface area contributed by atoms with E-state index >= 15 is 0 Å². The Hall–Kier alpha value is -3.29. The molecule has 4 aromatic carbocycles. The van der Waals surface area contributed by atoms with Crippen LogP contribution in [0, 0.1) is 6.92 Å². The molecule has 3 nitrogen and oxygen atoms in total. The zero-order valence-corrected chi connectivity index (χ0v) is 20.6. The van der Waals surface area contributed by atoms with Crippen LogP contribution in [0.4, 0.5) is 0 Å². The second-order valence-electron chi connectivity index (χ2n) is 7.45. The molecule has 0 atom stereocenters. The van der Waals surface area contributed by atoms with E-state index in [1.165, 1.54) is 21.7 Å². The standard InChI is InChI=1S/C22H23O3P.C7H8/c1-23-20-14-17(15-21(24-2)22(20)25-3)16-26(18-10-6-4-7-11-18)19-12-8-5-9-13-19;1-7-5-3-2-4-6-7/h4-15H,16H2,1-3H3;2-6H,1H3. The summed E-state index contributed by atoms with van der Waals surface area (Å²) in [5.74, 6) is 2.01. The topological polar surface area (TPSA) is 27.7 Å². The molecule has 0 saturated heterocycles. The van der Waals surface area contributed by atoms with Gasteiger partial charge >= 0.3 is 0 Å². The van der Waals surface area contributed by atoms with Crippen LogP contribution in [0.5, 0.6) is 17.2 Å². The minimum absolute atomic E-state index is 0.528. The largest absolute Gasteiger partial charge is 0.493 e. The third kappa shape index (κ3) is 6.84. The number of hydrogen-bond donors (Lipinski definition) is 0. The van der Waals surface area contributed by atoms with Crippen molar-refractivity contribution in [3.05, 3.63) is 114 Å². The van der Waals surface area contributed by atoms with Gasteiger partial charge in [0.05, 0.1) is 21.3 Å². The lowest BCUT2D eigenvalue weighted by Crippen LogP contribution is -2.13. The first-order valence-electron chi connectivity index (χ1n) is 10.8. The first-order valence-corrected chi connectivity index (χ1v) is 12.4. The lowest BCUT2D eigenvalue weighted by molar-refractivity contribution is 0.324. The van der Waals surface area contributed by atoms with Crippen molar-refractivity contribution >= 4 is 18.5 Å². The summed E-state index contributed by atoms with van der Waals surface area (Å²) < 4.78 is 16.5. The number of methoxy groups -OCH3 is 3. The highest BCUT2D eigenvalue weighted by Crippen LogP contribution is 2.43. The van der Waals surface area contributed by atoms with Crippen LogP contribution in [0.3, 0.4) is 0 Å². The molecular formula is C29H31O3P. The zero-order chi connectivity index (χ0) is 23.5. The molecule has 0 aliphatic carbocycles. The molecule has 0 saturated carbocycles. The van der Waals surface area contributed by atoms with Gasteiger partial charge in [0.2, 0.25) is 5.75 Å². The zero-order valence-electron chi connectivity index (χ0n) is 19.7. The summed E-state index contributed by atoms with van der Waals surface area (Å²) in [7, 11) is 4.40. The lowest BCUT2D eigenvalue weighted by atomic mass is 10.2. The normalized spacial score (nSPS) is 10.2. The second kappa shape index (κ2) is 12.7. The van der Waals surface area contributed by atoms with E-state index in [1.54, 1.807) is 21.3 Å². The maximum atomic E-state index is 5.51. The minimum Gasteiger partial charge on any atom is -0.493 e. The Kier molecular flexibility index (Phi) is 9.35. The number of aryl methyl sites for hydroxylation is 1. The summed E-state index contributed by atoms with van der Waals surface area (Å²) in [5.41, 5.74) is 2.49. The molecule has 4 rings (SSSR count). The van der Waals surface area contributed by atoms with Crippen molar-refractivity contribution in [2.24, 2.45) is 0 Å². The van der Waals surface area contributed by atoms with Gasteiger partial charge in [-0.1, -0.05) is 96.6 Å². The van der Waals surface area contributed by atoms with Crippen LogP contribution in [0.15, 0.2) is 103 Å². The molecule has 0 aromatic heterocycles. The smallest absolute Gasteiger partial charge is 0.203 e. The molecule has 4 heteroatoms. The number of rotatable bonds is 7. The highest BCUT2D eigenvalue weighted by atomic mass is 31.1. The van der Waals surface area contributed by atoms with Gasteiger partial charge in [-0.3, -0.25) is 0 Å². The molecule has 0 aliphatic rings. The van der Waals surface area contributed by atoms with E-state index in [-0.39, 0.29) is 0 Å². The molecule has 33 heavy (non-hydrogen) atoms. The molecule has 170 valence electrons. The predicted molar refractivity (Wildman–Crippen MR) is 140 cm³/mol. The Morgan fingerprint density at radius 1 is 0.576 bits per heavy atom. The number of hydrogen-bond acceptors (Lipinski definition) is 3. The van der Waals surface area contributed by atoms with Gasteiger partial charge in [0.1, 0.15) is 0 Å². The highest BCUT2D eigenvalue weighted by molar-refractivity contribution is 7.72. The summed E-state index contributed by atoms with van der Waals surface area (Å²) in [4.78, 5) is 0. The third-order valence-electron chi connectivity index (χ3n) is 5.14. The number of benzene rings is 4. The Labute approximate surface area is 198 Å². The molecule has 0 fully saturated rings. The molecule has 4 aromatic rings. The van der Waals surface area contributed by atoms with Gasteiger partial charge in [0.25, 0.3) is 0 Å². The molecule has 0 bridgehead atoms. The van der Waals surface area contributed by atoms with Gasteiger partial charge in [-0.05, 0) is 43.2 Å². The SMILES string of the molecule is COc1cc(CP(c2ccccc2)c2ccccc2)cc(OC)c1OC.Cc1ccccc1. The van der Waals surface area contributed by atoms with Crippen LogP contribution in [-0.4, -0.2) is 21.3 Å². The van der Waals surface area contributed by atoms with E-state index in [4.69, 9.17) is 14.2 Å². The highest BCUT2D eigenvalue weighted by Gasteiger charge is 2.18. The van der Waals surface area contributed by atoms with Gasteiger partial charge < -0.3 is 14.2 Å². The molecule has 0 unspecified atom stereocenters. The summed E-state index contributed by atoms with van der Waals surface area (Å²) in [5, 5.41) is 2.70. The molecular weight excluding hydrogens is 427 g/mol. The average Bonchev–Trinajstić information content (AvgIpc) is 2.88. The average molecular weight is 459 g/mol. The third-order valence-corrected chi connectivity index (χ3v) is 7.67. The van der Waals surface area contributed by atoms with Crippen molar-refractivity contribution in [2.45, 2.75) is 13.1 Å². The first kappa shape index (κ1) is 24.4. The Morgan fingerprint density at radius 3 is 1.33 bits per heavy atom. The Morgan fingerprint density at radius 2 is 1.00 bits per heavy atom.